The van der Waals surface area contributed by atoms with Gasteiger partial charge >= 0.3 is 0 Å². The Hall–Kier alpha value is -3.54. The van der Waals surface area contributed by atoms with Crippen LogP contribution in [0.4, 0.5) is 0 Å². The molecule has 26 heavy (non-hydrogen) atoms. The van der Waals surface area contributed by atoms with E-state index in [4.69, 9.17) is 9.47 Å². The summed E-state index contributed by atoms with van der Waals surface area (Å²) >= 11 is 0. The Morgan fingerprint density at radius 2 is 1.62 bits per heavy atom. The van der Waals surface area contributed by atoms with Crippen LogP contribution in [0.3, 0.4) is 0 Å². The number of ether oxygens (including phenoxy) is 2. The smallest absolute Gasteiger partial charge is 0.276 e. The molecule has 0 atom stereocenters. The van der Waals surface area contributed by atoms with E-state index in [1.807, 2.05) is 36.4 Å². The molecule has 2 N–H and O–H groups in total. The molecule has 6 nitrogen and oxygen atoms in total. The first-order valence-corrected chi connectivity index (χ1v) is 8.01. The highest BCUT2D eigenvalue weighted by atomic mass is 16.5. The van der Waals surface area contributed by atoms with E-state index in [1.165, 1.54) is 0 Å². The number of nitrogens with one attached hydrogen (secondary N) is 2. The Labute approximate surface area is 150 Å². The van der Waals surface area contributed by atoms with Crippen LogP contribution >= 0.6 is 0 Å². The summed E-state index contributed by atoms with van der Waals surface area (Å²) in [5.41, 5.74) is 5.09. The zero-order chi connectivity index (χ0) is 18.4. The number of amides is 2. The summed E-state index contributed by atoms with van der Waals surface area (Å²) in [4.78, 5) is 23.9. The van der Waals surface area contributed by atoms with Crippen LogP contribution in [0.25, 0.3) is 10.8 Å². The lowest BCUT2D eigenvalue weighted by Crippen LogP contribution is -2.43. The Morgan fingerprint density at radius 1 is 0.885 bits per heavy atom. The summed E-state index contributed by atoms with van der Waals surface area (Å²) in [6, 6.07) is 19.9. The van der Waals surface area contributed by atoms with Crippen molar-refractivity contribution in [3.63, 3.8) is 0 Å². The van der Waals surface area contributed by atoms with Gasteiger partial charge in [0.05, 0.1) is 7.11 Å². The fourth-order valence-corrected chi connectivity index (χ4v) is 2.44. The number of rotatable bonds is 5. The highest BCUT2D eigenvalue weighted by Gasteiger charge is 2.09. The van der Waals surface area contributed by atoms with Gasteiger partial charge in [-0.15, -0.1) is 0 Å². The zero-order valence-corrected chi connectivity index (χ0v) is 14.2. The fraction of sp³-hybridized carbons (Fsp3) is 0.100. The van der Waals surface area contributed by atoms with E-state index in [0.29, 0.717) is 17.1 Å². The molecule has 3 aromatic carbocycles. The average molecular weight is 350 g/mol. The number of methoxy groups -OCH3 is 1. The van der Waals surface area contributed by atoms with Crippen LogP contribution in [0.5, 0.6) is 11.5 Å². The summed E-state index contributed by atoms with van der Waals surface area (Å²) in [7, 11) is 1.55. The topological polar surface area (TPSA) is 76.7 Å². The Bertz CT molecular complexity index is 917. The molecule has 0 aliphatic heterocycles. The Balaban J connectivity index is 1.53. The van der Waals surface area contributed by atoms with Crippen molar-refractivity contribution in [1.29, 1.82) is 0 Å². The van der Waals surface area contributed by atoms with Crippen molar-refractivity contribution in [2.75, 3.05) is 13.7 Å². The molecule has 0 aliphatic rings. The van der Waals surface area contributed by atoms with E-state index in [1.54, 1.807) is 37.4 Å². The summed E-state index contributed by atoms with van der Waals surface area (Å²) in [5, 5.41) is 1.95. The lowest BCUT2D eigenvalue weighted by Gasteiger charge is -2.10. The molecule has 0 aromatic heterocycles. The molecule has 0 aliphatic carbocycles. The minimum Gasteiger partial charge on any atom is -0.497 e. The largest absolute Gasteiger partial charge is 0.497 e. The van der Waals surface area contributed by atoms with Gasteiger partial charge in [-0.1, -0.05) is 36.4 Å². The second-order valence-electron chi connectivity index (χ2n) is 5.50. The third kappa shape index (κ3) is 4.10. The molecule has 0 bridgehead atoms. The number of benzene rings is 3. The second-order valence-corrected chi connectivity index (χ2v) is 5.50. The summed E-state index contributed by atoms with van der Waals surface area (Å²) in [6.07, 6.45) is 0. The van der Waals surface area contributed by atoms with Crippen LogP contribution < -0.4 is 20.3 Å². The van der Waals surface area contributed by atoms with E-state index in [9.17, 15) is 9.59 Å². The maximum Gasteiger partial charge on any atom is 0.276 e. The van der Waals surface area contributed by atoms with Crippen molar-refractivity contribution in [3.05, 3.63) is 72.3 Å². The monoisotopic (exact) mass is 350 g/mol. The van der Waals surface area contributed by atoms with Crippen LogP contribution in [-0.2, 0) is 4.79 Å². The normalized spacial score (nSPS) is 10.2. The minimum atomic E-state index is -0.459. The number of carbonyl (C=O) groups is 2. The molecule has 132 valence electrons. The molecule has 0 saturated heterocycles. The molecule has 0 spiro atoms. The van der Waals surface area contributed by atoms with Gasteiger partial charge in [-0.05, 0) is 35.7 Å². The first-order chi connectivity index (χ1) is 12.7. The van der Waals surface area contributed by atoms with Gasteiger partial charge in [0.2, 0.25) is 0 Å². The maximum atomic E-state index is 12.0. The molecular weight excluding hydrogens is 332 g/mol. The van der Waals surface area contributed by atoms with Gasteiger partial charge in [0.15, 0.2) is 6.61 Å². The summed E-state index contributed by atoms with van der Waals surface area (Å²) in [5.74, 6) is 0.375. The van der Waals surface area contributed by atoms with Gasteiger partial charge in [-0.3, -0.25) is 20.4 Å². The Kier molecular flexibility index (Phi) is 5.34. The van der Waals surface area contributed by atoms with Crippen molar-refractivity contribution in [3.8, 4) is 11.5 Å². The molecule has 3 rings (SSSR count). The number of carbonyl (C=O) groups excluding carboxylic acids is 2. The molecule has 2 amide bonds. The van der Waals surface area contributed by atoms with Crippen molar-refractivity contribution < 1.29 is 19.1 Å². The molecular formula is C20H18N2O4. The molecule has 0 saturated carbocycles. The van der Waals surface area contributed by atoms with E-state index in [-0.39, 0.29) is 6.61 Å². The Morgan fingerprint density at radius 3 is 2.38 bits per heavy atom. The minimum absolute atomic E-state index is 0.211. The van der Waals surface area contributed by atoms with Crippen LogP contribution in [0.2, 0.25) is 0 Å². The lowest BCUT2D eigenvalue weighted by atomic mass is 10.1. The predicted octanol–water partition coefficient (Wildman–Crippen LogP) is 2.69. The third-order valence-corrected chi connectivity index (χ3v) is 3.78. The average Bonchev–Trinajstić information content (AvgIpc) is 2.70. The van der Waals surface area contributed by atoms with Crippen molar-refractivity contribution >= 4 is 22.6 Å². The number of hydrazine groups is 1. The summed E-state index contributed by atoms with van der Waals surface area (Å²) < 4.78 is 10.6. The molecule has 0 radical (unpaired) electrons. The summed E-state index contributed by atoms with van der Waals surface area (Å²) in [6.45, 7) is -0.211. The molecule has 0 unspecified atom stereocenters. The van der Waals surface area contributed by atoms with Gasteiger partial charge in [0.1, 0.15) is 11.5 Å². The first kappa shape index (κ1) is 17.3. The molecule has 0 fully saturated rings. The fourth-order valence-electron chi connectivity index (χ4n) is 2.44. The first-order valence-electron chi connectivity index (χ1n) is 8.01. The van der Waals surface area contributed by atoms with Crippen LogP contribution in [0, 0.1) is 0 Å². The highest BCUT2D eigenvalue weighted by molar-refractivity contribution is 5.95. The van der Waals surface area contributed by atoms with Gasteiger partial charge in [-0.25, -0.2) is 0 Å². The highest BCUT2D eigenvalue weighted by Crippen LogP contribution is 2.24. The molecule has 0 heterocycles. The SMILES string of the molecule is COc1ccc(C(=O)NNC(=O)COc2cccc3ccccc23)cc1. The van der Waals surface area contributed by atoms with Crippen LogP contribution in [0.15, 0.2) is 66.7 Å². The van der Waals surface area contributed by atoms with Crippen LogP contribution in [0.1, 0.15) is 10.4 Å². The van der Waals surface area contributed by atoms with Crippen molar-refractivity contribution in [2.24, 2.45) is 0 Å². The van der Waals surface area contributed by atoms with Gasteiger partial charge in [0, 0.05) is 10.9 Å². The van der Waals surface area contributed by atoms with Crippen LogP contribution in [-0.4, -0.2) is 25.5 Å². The number of hydrogen-bond donors (Lipinski definition) is 2. The lowest BCUT2D eigenvalue weighted by molar-refractivity contribution is -0.123. The molecule has 3 aromatic rings. The number of hydrogen-bond acceptors (Lipinski definition) is 4. The zero-order valence-electron chi connectivity index (χ0n) is 14.2. The second kappa shape index (κ2) is 8.02. The van der Waals surface area contributed by atoms with Crippen molar-refractivity contribution in [1.82, 2.24) is 10.9 Å². The van der Waals surface area contributed by atoms with Crippen molar-refractivity contribution in [2.45, 2.75) is 0 Å². The van der Waals surface area contributed by atoms with Gasteiger partial charge < -0.3 is 9.47 Å². The third-order valence-electron chi connectivity index (χ3n) is 3.78. The quantitative estimate of drug-likeness (QED) is 0.694. The van der Waals surface area contributed by atoms with E-state index in [0.717, 1.165) is 10.8 Å². The van der Waals surface area contributed by atoms with Gasteiger partial charge in [0.25, 0.3) is 11.8 Å². The maximum absolute atomic E-state index is 12.0. The molecule has 6 heteroatoms. The number of fused-ring (bicyclic) bond motifs is 1. The standard InChI is InChI=1S/C20H18N2O4/c1-25-16-11-9-15(10-12-16)20(24)22-21-19(23)13-26-18-8-4-6-14-5-2-3-7-17(14)18/h2-12H,13H2,1H3,(H,21,23)(H,22,24). The van der Waals surface area contributed by atoms with E-state index >= 15 is 0 Å². The predicted molar refractivity (Wildman–Crippen MR) is 98.0 cm³/mol. The van der Waals surface area contributed by atoms with E-state index in [2.05, 4.69) is 10.9 Å². The van der Waals surface area contributed by atoms with E-state index < -0.39 is 11.8 Å². The van der Waals surface area contributed by atoms with Gasteiger partial charge in [-0.2, -0.15) is 0 Å².